The van der Waals surface area contributed by atoms with Gasteiger partial charge < -0.3 is 30.0 Å². The Hall–Kier alpha value is -4.90. The lowest BCUT2D eigenvalue weighted by atomic mass is 10.0. The number of carbonyl (C=O) groups is 3. The molecule has 0 radical (unpaired) electrons. The van der Waals surface area contributed by atoms with E-state index in [0.29, 0.717) is 53.1 Å². The van der Waals surface area contributed by atoms with Crippen LogP contribution < -0.4 is 24.8 Å². The molecule has 0 aliphatic heterocycles. The van der Waals surface area contributed by atoms with Gasteiger partial charge in [0, 0.05) is 29.8 Å². The topological polar surface area (TPSA) is 136 Å². The van der Waals surface area contributed by atoms with Crippen LogP contribution in [0.4, 0.5) is 15.8 Å². The fourth-order valence-electron chi connectivity index (χ4n) is 4.41. The van der Waals surface area contributed by atoms with Crippen LogP contribution in [0, 0.1) is 11.2 Å². The molecular formula is C31H27ClFN3O7. The Labute approximate surface area is 250 Å². The van der Waals surface area contributed by atoms with E-state index in [2.05, 4.69) is 15.6 Å². The van der Waals surface area contributed by atoms with Crippen molar-refractivity contribution < 1.29 is 38.1 Å². The number of pyridine rings is 1. The molecule has 12 heteroatoms. The average Bonchev–Trinajstić information content (AvgIpc) is 3.81. The quantitative estimate of drug-likeness (QED) is 0.124. The Morgan fingerprint density at radius 3 is 2.42 bits per heavy atom. The van der Waals surface area contributed by atoms with Crippen LogP contribution in [0.2, 0.25) is 5.02 Å². The van der Waals surface area contributed by atoms with Gasteiger partial charge in [-0.1, -0.05) is 17.7 Å². The number of aliphatic carboxylic acids is 1. The molecule has 1 aliphatic carbocycles. The van der Waals surface area contributed by atoms with Crippen molar-refractivity contribution >= 4 is 51.7 Å². The number of anilines is 2. The summed E-state index contributed by atoms with van der Waals surface area (Å²) in [5.41, 5.74) is -0.0789. The minimum absolute atomic E-state index is 0.0173. The van der Waals surface area contributed by atoms with Gasteiger partial charge >= 0.3 is 5.97 Å². The molecule has 0 atom stereocenters. The highest BCUT2D eigenvalue weighted by atomic mass is 35.5. The third-order valence-electron chi connectivity index (χ3n) is 6.93. The van der Waals surface area contributed by atoms with Crippen LogP contribution in [0.15, 0.2) is 66.9 Å². The summed E-state index contributed by atoms with van der Waals surface area (Å²) in [7, 11) is 1.48. The molecule has 1 aromatic heterocycles. The summed E-state index contributed by atoms with van der Waals surface area (Å²) < 4.78 is 30.6. The molecule has 0 bridgehead atoms. The van der Waals surface area contributed by atoms with E-state index in [-0.39, 0.29) is 29.5 Å². The number of halogens is 2. The number of fused-ring (bicyclic) bond motifs is 1. The molecule has 10 nitrogen and oxygen atoms in total. The largest absolute Gasteiger partial charge is 0.493 e. The van der Waals surface area contributed by atoms with Crippen LogP contribution in [-0.2, 0) is 14.4 Å². The van der Waals surface area contributed by atoms with Gasteiger partial charge in [0.05, 0.1) is 24.9 Å². The predicted octanol–water partition coefficient (Wildman–Crippen LogP) is 6.43. The number of rotatable bonds is 12. The van der Waals surface area contributed by atoms with Gasteiger partial charge in [-0.2, -0.15) is 0 Å². The first kappa shape index (κ1) is 29.6. The van der Waals surface area contributed by atoms with E-state index in [0.717, 1.165) is 0 Å². The zero-order valence-corrected chi connectivity index (χ0v) is 23.7. The minimum atomic E-state index is -1.26. The van der Waals surface area contributed by atoms with Gasteiger partial charge in [-0.3, -0.25) is 19.4 Å². The molecule has 222 valence electrons. The molecule has 1 fully saturated rings. The van der Waals surface area contributed by atoms with Crippen molar-refractivity contribution in [3.05, 3.63) is 77.7 Å². The summed E-state index contributed by atoms with van der Waals surface area (Å²) in [6.07, 6.45) is 2.58. The molecule has 3 N–H and O–H groups in total. The number of hydrogen-bond acceptors (Lipinski definition) is 7. The van der Waals surface area contributed by atoms with E-state index < -0.39 is 29.0 Å². The number of carboxylic acids is 1. The number of nitrogens with one attached hydrogen (secondary N) is 2. The number of carbonyl (C=O) groups excluding carboxylic acids is 2. The Bertz CT molecular complexity index is 1690. The number of methoxy groups -OCH3 is 1. The maximum absolute atomic E-state index is 13.2. The van der Waals surface area contributed by atoms with E-state index in [9.17, 15) is 18.8 Å². The molecule has 1 heterocycles. The second-order valence-electron chi connectivity index (χ2n) is 9.89. The van der Waals surface area contributed by atoms with Gasteiger partial charge in [-0.05, 0) is 67.8 Å². The van der Waals surface area contributed by atoms with Crippen molar-refractivity contribution in [1.29, 1.82) is 0 Å². The monoisotopic (exact) mass is 607 g/mol. The molecule has 0 saturated heterocycles. The highest BCUT2D eigenvalue weighted by Crippen LogP contribution is 2.48. The van der Waals surface area contributed by atoms with Crippen molar-refractivity contribution in [1.82, 2.24) is 4.98 Å². The van der Waals surface area contributed by atoms with Crippen molar-refractivity contribution in [2.24, 2.45) is 5.41 Å². The summed E-state index contributed by atoms with van der Waals surface area (Å²) in [6, 6.07) is 15.2. The Balaban J connectivity index is 1.32. The van der Waals surface area contributed by atoms with Crippen molar-refractivity contribution in [2.75, 3.05) is 24.4 Å². The summed E-state index contributed by atoms with van der Waals surface area (Å²) in [5.74, 6) is -0.866. The van der Waals surface area contributed by atoms with Crippen LogP contribution in [0.5, 0.6) is 23.0 Å². The number of ether oxygens (including phenoxy) is 3. The molecule has 0 unspecified atom stereocenters. The molecule has 1 aliphatic rings. The van der Waals surface area contributed by atoms with Crippen molar-refractivity contribution in [2.45, 2.75) is 25.7 Å². The zero-order valence-electron chi connectivity index (χ0n) is 23.0. The van der Waals surface area contributed by atoms with Gasteiger partial charge in [0.15, 0.2) is 11.5 Å². The highest BCUT2D eigenvalue weighted by Gasteiger charge is 2.56. The van der Waals surface area contributed by atoms with Gasteiger partial charge in [0.1, 0.15) is 27.8 Å². The van der Waals surface area contributed by atoms with Crippen molar-refractivity contribution in [3.63, 3.8) is 0 Å². The van der Waals surface area contributed by atoms with Crippen LogP contribution in [0.25, 0.3) is 10.9 Å². The lowest BCUT2D eigenvalue weighted by molar-refractivity contribution is -0.137. The summed E-state index contributed by atoms with van der Waals surface area (Å²) in [4.78, 5) is 41.3. The van der Waals surface area contributed by atoms with Crippen LogP contribution in [0.3, 0.4) is 0 Å². The number of aromatic nitrogens is 1. The lowest BCUT2D eigenvalue weighted by Gasteiger charge is -2.18. The van der Waals surface area contributed by atoms with Gasteiger partial charge in [-0.15, -0.1) is 0 Å². The first-order valence-corrected chi connectivity index (χ1v) is 13.7. The van der Waals surface area contributed by atoms with E-state index in [4.69, 9.17) is 30.9 Å². The molecule has 4 aromatic rings. The molecular weight excluding hydrogens is 581 g/mol. The zero-order chi connectivity index (χ0) is 30.6. The van der Waals surface area contributed by atoms with E-state index in [1.807, 2.05) is 0 Å². The Morgan fingerprint density at radius 2 is 1.72 bits per heavy atom. The number of hydrogen-bond donors (Lipinski definition) is 3. The summed E-state index contributed by atoms with van der Waals surface area (Å²) in [6.45, 7) is 0.188. The van der Waals surface area contributed by atoms with E-state index in [1.54, 1.807) is 42.6 Å². The SMILES string of the molecule is COc1cc2c(Oc3cccc(NC(=O)C4(C(=O)Nc5ccc(F)cc5)CC4)c3Cl)ccnc2cc1OCCCC(=O)O. The minimum Gasteiger partial charge on any atom is -0.493 e. The first-order valence-electron chi connectivity index (χ1n) is 13.4. The van der Waals surface area contributed by atoms with Crippen LogP contribution >= 0.6 is 11.6 Å². The normalized spacial score (nSPS) is 13.2. The highest BCUT2D eigenvalue weighted by molar-refractivity contribution is 6.35. The van der Waals surface area contributed by atoms with Gasteiger partial charge in [-0.25, -0.2) is 4.39 Å². The second-order valence-corrected chi connectivity index (χ2v) is 10.3. The molecule has 0 spiro atoms. The molecule has 1 saturated carbocycles. The van der Waals surface area contributed by atoms with Crippen LogP contribution in [0.1, 0.15) is 25.7 Å². The Morgan fingerprint density at radius 1 is 0.977 bits per heavy atom. The predicted molar refractivity (Wildman–Crippen MR) is 158 cm³/mol. The Kier molecular flexibility index (Phi) is 8.63. The first-order chi connectivity index (χ1) is 20.7. The fraction of sp³-hybridized carbons (Fsp3) is 0.226. The lowest BCUT2D eigenvalue weighted by Crippen LogP contribution is -2.35. The van der Waals surface area contributed by atoms with E-state index in [1.165, 1.54) is 31.4 Å². The number of nitrogens with zero attached hydrogens (tertiary/aromatic N) is 1. The molecule has 3 aromatic carbocycles. The second kappa shape index (κ2) is 12.5. The summed E-state index contributed by atoms with van der Waals surface area (Å²) in [5, 5.41) is 15.0. The third-order valence-corrected chi connectivity index (χ3v) is 7.32. The van der Waals surface area contributed by atoms with Crippen LogP contribution in [-0.4, -0.2) is 41.6 Å². The fourth-order valence-corrected chi connectivity index (χ4v) is 4.62. The molecule has 5 rings (SSSR count). The molecule has 2 amide bonds. The van der Waals surface area contributed by atoms with E-state index >= 15 is 0 Å². The number of amides is 2. The standard InChI is InChI=1S/C31H27ClFN3O7/c1-41-25-16-20-22(17-26(25)42-15-3-6-27(37)38)34-14-11-23(20)43-24-5-2-4-21(28(24)32)36-30(40)31(12-13-31)29(39)35-19-9-7-18(33)8-10-19/h2,4-5,7-11,14,16-17H,3,6,12-13,15H2,1H3,(H,35,39)(H,36,40)(H,37,38). The van der Waals surface area contributed by atoms with Gasteiger partial charge in [0.25, 0.3) is 0 Å². The number of benzene rings is 3. The maximum Gasteiger partial charge on any atom is 0.303 e. The maximum atomic E-state index is 13.2. The third kappa shape index (κ3) is 6.62. The average molecular weight is 608 g/mol. The molecule has 43 heavy (non-hydrogen) atoms. The smallest absolute Gasteiger partial charge is 0.303 e. The summed E-state index contributed by atoms with van der Waals surface area (Å²) >= 11 is 6.65. The van der Waals surface area contributed by atoms with Gasteiger partial charge in [0.2, 0.25) is 11.8 Å². The van der Waals surface area contributed by atoms with Crippen molar-refractivity contribution in [3.8, 4) is 23.0 Å². The number of carboxylic acid groups (broad SMARTS) is 1.